The van der Waals surface area contributed by atoms with E-state index in [2.05, 4.69) is 19.8 Å². The van der Waals surface area contributed by atoms with Crippen LogP contribution < -0.4 is 26.0 Å². The fourth-order valence-corrected chi connectivity index (χ4v) is 7.46. The van der Waals surface area contributed by atoms with Crippen LogP contribution in [0.15, 0.2) is 38.8 Å². The Kier molecular flexibility index (Phi) is 9.59. The lowest BCUT2D eigenvalue weighted by Gasteiger charge is -2.26. The highest BCUT2D eigenvalue weighted by Crippen LogP contribution is 2.37. The molecule has 0 radical (unpaired) electrons. The van der Waals surface area contributed by atoms with Gasteiger partial charge in [0.2, 0.25) is 10.0 Å². The van der Waals surface area contributed by atoms with E-state index in [1.807, 2.05) is 0 Å². The van der Waals surface area contributed by atoms with Crippen molar-refractivity contribution in [3.05, 3.63) is 66.3 Å². The molecule has 1 unspecified atom stereocenters. The van der Waals surface area contributed by atoms with Crippen LogP contribution in [0, 0.1) is 0 Å². The number of sulfone groups is 1. The van der Waals surface area contributed by atoms with E-state index in [1.165, 1.54) is 25.1 Å². The molecule has 0 bridgehead atoms. The maximum atomic E-state index is 13.5. The number of alkyl halides is 3. The number of hydrogen-bond acceptors (Lipinski definition) is 8. The normalized spacial score (nSPS) is 17.0. The number of fused-ring (bicyclic) bond motifs is 1. The Balaban J connectivity index is 1.91. The molecule has 0 aliphatic carbocycles. The summed E-state index contributed by atoms with van der Waals surface area (Å²) >= 11 is 12.6. The molecular formula is C25H27Cl2F3N4O7S2. The molecule has 2 atom stereocenters. The van der Waals surface area contributed by atoms with Crippen LogP contribution in [0.5, 0.6) is 5.75 Å². The Hall–Kier alpha value is -2.63. The minimum absolute atomic E-state index is 0.00883. The van der Waals surface area contributed by atoms with Crippen molar-refractivity contribution in [1.82, 2.24) is 19.6 Å². The van der Waals surface area contributed by atoms with E-state index in [9.17, 15) is 39.6 Å². The monoisotopic (exact) mass is 686 g/mol. The summed E-state index contributed by atoms with van der Waals surface area (Å²) < 4.78 is 97.2. The van der Waals surface area contributed by atoms with Crippen molar-refractivity contribution in [3.63, 3.8) is 0 Å². The van der Waals surface area contributed by atoms with Gasteiger partial charge < -0.3 is 15.0 Å². The quantitative estimate of drug-likeness (QED) is 0.294. The van der Waals surface area contributed by atoms with Gasteiger partial charge in [0.1, 0.15) is 5.75 Å². The zero-order chi connectivity index (χ0) is 31.9. The third-order valence-corrected chi connectivity index (χ3v) is 10.2. The van der Waals surface area contributed by atoms with E-state index >= 15 is 0 Å². The molecule has 43 heavy (non-hydrogen) atoms. The minimum Gasteiger partial charge on any atom is -0.405 e. The molecule has 0 amide bonds. The van der Waals surface area contributed by atoms with Crippen LogP contribution in [0.2, 0.25) is 10.0 Å². The van der Waals surface area contributed by atoms with Gasteiger partial charge in [-0.25, -0.2) is 26.4 Å². The van der Waals surface area contributed by atoms with Gasteiger partial charge in [0.05, 0.1) is 39.4 Å². The van der Waals surface area contributed by atoms with Crippen LogP contribution in [0.3, 0.4) is 0 Å². The fourth-order valence-electron chi connectivity index (χ4n) is 5.04. The first kappa shape index (κ1) is 33.3. The number of aromatic nitrogens is 2. The van der Waals surface area contributed by atoms with Crippen LogP contribution in [0.4, 0.5) is 13.2 Å². The van der Waals surface area contributed by atoms with Gasteiger partial charge in [0.15, 0.2) is 9.84 Å². The number of nitrogens with zero attached hydrogens (tertiary/aromatic N) is 1. The van der Waals surface area contributed by atoms with Gasteiger partial charge in [-0.15, -0.1) is 13.2 Å². The molecule has 1 aromatic heterocycles. The molecule has 3 N–H and O–H groups in total. The zero-order valence-electron chi connectivity index (χ0n) is 22.7. The Labute approximate surface area is 254 Å². The number of aromatic amines is 1. The Morgan fingerprint density at radius 2 is 1.86 bits per heavy atom. The molecule has 3 aromatic rings. The first-order valence-electron chi connectivity index (χ1n) is 12.9. The summed E-state index contributed by atoms with van der Waals surface area (Å²) in [6.07, 6.45) is -3.47. The van der Waals surface area contributed by atoms with E-state index in [-0.39, 0.29) is 38.7 Å². The fraction of sp³-hybridized carbons (Fsp3) is 0.440. The number of benzene rings is 2. The van der Waals surface area contributed by atoms with E-state index in [1.54, 1.807) is 0 Å². The summed E-state index contributed by atoms with van der Waals surface area (Å²) in [7, 11) is -7.62. The van der Waals surface area contributed by atoms with Crippen molar-refractivity contribution in [3.8, 4) is 5.75 Å². The first-order chi connectivity index (χ1) is 19.9. The number of ether oxygens (including phenoxy) is 1. The van der Waals surface area contributed by atoms with Crippen molar-refractivity contribution < 1.29 is 34.7 Å². The van der Waals surface area contributed by atoms with Crippen LogP contribution in [-0.4, -0.2) is 63.4 Å². The maximum Gasteiger partial charge on any atom is 0.573 e. The second-order valence-corrected chi connectivity index (χ2v) is 14.9. The van der Waals surface area contributed by atoms with Crippen molar-refractivity contribution in [2.24, 2.45) is 0 Å². The van der Waals surface area contributed by atoms with Crippen LogP contribution in [0.1, 0.15) is 30.9 Å². The smallest absolute Gasteiger partial charge is 0.405 e. The molecular weight excluding hydrogens is 660 g/mol. The maximum absolute atomic E-state index is 13.5. The Morgan fingerprint density at radius 1 is 1.16 bits per heavy atom. The first-order valence-corrected chi connectivity index (χ1v) is 17.2. The molecule has 236 valence electrons. The molecule has 0 saturated carbocycles. The molecule has 1 aliphatic heterocycles. The van der Waals surface area contributed by atoms with Gasteiger partial charge in [-0.05, 0) is 55.6 Å². The van der Waals surface area contributed by atoms with E-state index in [4.69, 9.17) is 23.2 Å². The van der Waals surface area contributed by atoms with Gasteiger partial charge in [-0.2, -0.15) is 0 Å². The number of rotatable bonds is 10. The number of halogens is 5. The van der Waals surface area contributed by atoms with Gasteiger partial charge >= 0.3 is 12.1 Å². The number of H-pyrrole nitrogens is 1. The van der Waals surface area contributed by atoms with Gasteiger partial charge in [-0.1, -0.05) is 30.1 Å². The minimum atomic E-state index is -5.22. The lowest BCUT2D eigenvalue weighted by atomic mass is 9.97. The lowest BCUT2D eigenvalue weighted by Crippen LogP contribution is -2.48. The molecule has 1 saturated heterocycles. The standard InChI is InChI=1S/C25H27Cl2F3N4O7S2/c1-3-43(39,40)20-7-6-14(26)9-13(20)12-34-23(35)16-11-19(41-25(28,29)30)15(21(27)22(16)32-24(34)36)10-18(33-42(2,37)38)17-5-4-8-31-17/h6-7,9,11,17-18,31,33H,3-5,8,10,12H2,1-2H3,(H,32,36)/t17?,18-/m1/s1. The highest BCUT2D eigenvalue weighted by Gasteiger charge is 2.35. The summed E-state index contributed by atoms with van der Waals surface area (Å²) in [4.78, 5) is 28.9. The molecule has 11 nitrogen and oxygen atoms in total. The van der Waals surface area contributed by atoms with Crippen molar-refractivity contribution in [2.75, 3.05) is 18.6 Å². The molecule has 18 heteroatoms. The lowest BCUT2D eigenvalue weighted by molar-refractivity contribution is -0.274. The average Bonchev–Trinajstić information content (AvgIpc) is 3.42. The van der Waals surface area contributed by atoms with Crippen LogP contribution in [0.25, 0.3) is 10.9 Å². The molecule has 4 rings (SSSR count). The second-order valence-electron chi connectivity index (χ2n) is 10.0. The van der Waals surface area contributed by atoms with Gasteiger partial charge in [0.25, 0.3) is 5.56 Å². The summed E-state index contributed by atoms with van der Waals surface area (Å²) in [5.41, 5.74) is -2.70. The summed E-state index contributed by atoms with van der Waals surface area (Å²) in [5.74, 6) is -1.15. The predicted molar refractivity (Wildman–Crippen MR) is 155 cm³/mol. The highest BCUT2D eigenvalue weighted by molar-refractivity contribution is 7.91. The number of sulfonamides is 1. The molecule has 1 fully saturated rings. The number of hydrogen-bond donors (Lipinski definition) is 3. The topological polar surface area (TPSA) is 156 Å². The third-order valence-electron chi connectivity index (χ3n) is 6.94. The van der Waals surface area contributed by atoms with Gasteiger partial charge in [-0.3, -0.25) is 9.36 Å². The van der Waals surface area contributed by atoms with Crippen LogP contribution >= 0.6 is 23.2 Å². The van der Waals surface area contributed by atoms with Gasteiger partial charge in [0, 0.05) is 22.7 Å². The van der Waals surface area contributed by atoms with E-state index in [0.29, 0.717) is 24.0 Å². The third kappa shape index (κ3) is 7.72. The van der Waals surface area contributed by atoms with E-state index in [0.717, 1.165) is 12.3 Å². The second kappa shape index (κ2) is 12.4. The van der Waals surface area contributed by atoms with E-state index < -0.39 is 72.3 Å². The summed E-state index contributed by atoms with van der Waals surface area (Å²) in [6, 6.07) is 3.20. The summed E-state index contributed by atoms with van der Waals surface area (Å²) in [6.45, 7) is 1.38. The van der Waals surface area contributed by atoms with Crippen molar-refractivity contribution in [2.45, 2.75) is 56.1 Å². The molecule has 2 heterocycles. The SMILES string of the molecule is CCS(=O)(=O)c1ccc(Cl)cc1Cn1c(=O)[nH]c2c(Cl)c(C[C@@H](NS(C)(=O)=O)C3CCCN3)c(OC(F)(F)F)cc2c1=O. The zero-order valence-corrected chi connectivity index (χ0v) is 25.9. The summed E-state index contributed by atoms with van der Waals surface area (Å²) in [5, 5.41) is 2.31. The largest absolute Gasteiger partial charge is 0.573 e. The Bertz CT molecular complexity index is 1890. The van der Waals surface area contributed by atoms with Crippen molar-refractivity contribution >= 4 is 54.0 Å². The predicted octanol–water partition coefficient (Wildman–Crippen LogP) is 2.95. The highest BCUT2D eigenvalue weighted by atomic mass is 35.5. The van der Waals surface area contributed by atoms with Crippen LogP contribution in [-0.2, 0) is 32.8 Å². The molecule has 0 spiro atoms. The number of nitrogens with one attached hydrogen (secondary N) is 3. The molecule has 1 aliphatic rings. The molecule has 2 aromatic carbocycles. The average molecular weight is 688 g/mol. The van der Waals surface area contributed by atoms with Crippen molar-refractivity contribution in [1.29, 1.82) is 0 Å². The Morgan fingerprint density at radius 3 is 2.44 bits per heavy atom.